The fourth-order valence-electron chi connectivity index (χ4n) is 1.50. The molecule has 3 rings (SSSR count). The van der Waals surface area contributed by atoms with Gasteiger partial charge in [0.1, 0.15) is 0 Å². The molecule has 0 amide bonds. The lowest BCUT2D eigenvalue weighted by Crippen LogP contribution is -2.61. The van der Waals surface area contributed by atoms with Crippen molar-refractivity contribution in [3.8, 4) is 0 Å². The first-order valence-electron chi connectivity index (χ1n) is 5.19. The highest BCUT2D eigenvalue weighted by Crippen LogP contribution is 2.37. The predicted octanol–water partition coefficient (Wildman–Crippen LogP) is 0.843. The lowest BCUT2D eigenvalue weighted by molar-refractivity contribution is -0.471. The van der Waals surface area contributed by atoms with Crippen molar-refractivity contribution >= 4 is 5.97 Å². The normalized spacial score (nSPS) is 37.1. The molecule has 0 N–H and O–H groups in total. The molecule has 3 aliphatic rings. The maximum atomic E-state index is 11.2. The highest BCUT2D eigenvalue weighted by Gasteiger charge is 2.51. The Morgan fingerprint density at radius 2 is 1.81 bits per heavy atom. The molecule has 3 fully saturated rings. The molecule has 3 saturated heterocycles. The summed E-state index contributed by atoms with van der Waals surface area (Å²) in [5, 5.41) is 0. The van der Waals surface area contributed by atoms with Gasteiger partial charge in [0.05, 0.1) is 19.8 Å². The molecule has 0 aromatic carbocycles. The van der Waals surface area contributed by atoms with E-state index in [9.17, 15) is 4.79 Å². The van der Waals surface area contributed by atoms with Crippen molar-refractivity contribution in [1.29, 1.82) is 0 Å². The van der Waals surface area contributed by atoms with E-state index in [2.05, 4.69) is 6.58 Å². The molecule has 0 aromatic heterocycles. The average Bonchev–Trinajstić information content (AvgIpc) is 2.28. The number of esters is 1. The zero-order valence-electron chi connectivity index (χ0n) is 9.58. The Morgan fingerprint density at radius 3 is 2.25 bits per heavy atom. The van der Waals surface area contributed by atoms with Crippen LogP contribution in [0.3, 0.4) is 0 Å². The minimum absolute atomic E-state index is 0.0607. The van der Waals surface area contributed by atoms with Gasteiger partial charge in [0.25, 0.3) is 0 Å². The van der Waals surface area contributed by atoms with Gasteiger partial charge in [0.2, 0.25) is 0 Å². The maximum absolute atomic E-state index is 11.2. The molecule has 0 radical (unpaired) electrons. The topological polar surface area (TPSA) is 54.0 Å². The number of ether oxygens (including phenoxy) is 4. The Labute approximate surface area is 94.3 Å². The first kappa shape index (κ1) is 11.6. The van der Waals surface area contributed by atoms with Gasteiger partial charge >= 0.3 is 11.9 Å². The SMILES string of the molecule is C=C(C)C(=O)OCC12OCC(C)(CO1)CO2. The van der Waals surface area contributed by atoms with Crippen LogP contribution in [-0.4, -0.2) is 38.4 Å². The first-order valence-corrected chi connectivity index (χ1v) is 5.19. The van der Waals surface area contributed by atoms with Gasteiger partial charge in [0, 0.05) is 11.0 Å². The molecule has 90 valence electrons. The van der Waals surface area contributed by atoms with Gasteiger partial charge in [-0.15, -0.1) is 0 Å². The number of carbonyl (C=O) groups excluding carboxylic acids is 1. The molecule has 2 bridgehead atoms. The summed E-state index contributed by atoms with van der Waals surface area (Å²) >= 11 is 0. The minimum atomic E-state index is -1.21. The molecule has 0 spiro atoms. The Balaban J connectivity index is 1.91. The smallest absolute Gasteiger partial charge is 0.333 e. The quantitative estimate of drug-likeness (QED) is 0.529. The van der Waals surface area contributed by atoms with Crippen molar-refractivity contribution in [1.82, 2.24) is 0 Å². The lowest BCUT2D eigenvalue weighted by Gasteiger charge is -2.49. The van der Waals surface area contributed by atoms with Crippen molar-refractivity contribution in [3.05, 3.63) is 12.2 Å². The molecule has 0 saturated carbocycles. The molecule has 0 atom stereocenters. The van der Waals surface area contributed by atoms with Crippen LogP contribution in [0, 0.1) is 5.41 Å². The van der Waals surface area contributed by atoms with Gasteiger partial charge in [0.15, 0.2) is 6.61 Å². The molecule has 5 heteroatoms. The monoisotopic (exact) mass is 228 g/mol. The largest absolute Gasteiger partial charge is 0.454 e. The number of hydrogen-bond donors (Lipinski definition) is 0. The van der Waals surface area contributed by atoms with Crippen LogP contribution in [-0.2, 0) is 23.7 Å². The van der Waals surface area contributed by atoms with Crippen LogP contribution in [0.25, 0.3) is 0 Å². The summed E-state index contributed by atoms with van der Waals surface area (Å²) in [5.74, 6) is -1.67. The van der Waals surface area contributed by atoms with E-state index in [1.54, 1.807) is 6.92 Å². The standard InChI is InChI=1S/C11H16O5/c1-8(2)9(12)13-7-11-14-4-10(3,5-15-11)6-16-11/h1,4-7H2,2-3H3. The van der Waals surface area contributed by atoms with Crippen molar-refractivity contribution in [2.45, 2.75) is 19.8 Å². The Kier molecular flexibility index (Phi) is 2.77. The summed E-state index contributed by atoms with van der Waals surface area (Å²) < 4.78 is 21.3. The molecule has 0 aromatic rings. The van der Waals surface area contributed by atoms with Crippen molar-refractivity contribution in [3.63, 3.8) is 0 Å². The van der Waals surface area contributed by atoms with E-state index in [0.29, 0.717) is 25.4 Å². The third kappa shape index (κ3) is 2.11. The highest BCUT2D eigenvalue weighted by molar-refractivity contribution is 5.86. The summed E-state index contributed by atoms with van der Waals surface area (Å²) in [5.41, 5.74) is 0.257. The van der Waals surface area contributed by atoms with Crippen LogP contribution in [0.4, 0.5) is 0 Å². The molecule has 16 heavy (non-hydrogen) atoms. The molecule has 3 aliphatic heterocycles. The average molecular weight is 228 g/mol. The number of hydrogen-bond acceptors (Lipinski definition) is 5. The second-order valence-corrected chi connectivity index (χ2v) is 4.72. The summed E-state index contributed by atoms with van der Waals surface area (Å²) in [6, 6.07) is 0. The van der Waals surface area contributed by atoms with Gasteiger partial charge in [-0.05, 0) is 6.92 Å². The fourth-order valence-corrected chi connectivity index (χ4v) is 1.50. The summed E-state index contributed by atoms with van der Waals surface area (Å²) in [6.07, 6.45) is 0. The predicted molar refractivity (Wildman–Crippen MR) is 54.5 cm³/mol. The minimum Gasteiger partial charge on any atom is -0.454 e. The summed E-state index contributed by atoms with van der Waals surface area (Å²) in [6.45, 7) is 8.70. The van der Waals surface area contributed by atoms with E-state index in [4.69, 9.17) is 18.9 Å². The lowest BCUT2D eigenvalue weighted by atomic mass is 9.92. The van der Waals surface area contributed by atoms with Crippen LogP contribution >= 0.6 is 0 Å². The van der Waals surface area contributed by atoms with Crippen molar-refractivity contribution in [2.24, 2.45) is 5.41 Å². The van der Waals surface area contributed by atoms with Crippen molar-refractivity contribution < 1.29 is 23.7 Å². The van der Waals surface area contributed by atoms with Crippen LogP contribution < -0.4 is 0 Å². The van der Waals surface area contributed by atoms with Crippen molar-refractivity contribution in [2.75, 3.05) is 26.4 Å². The molecule has 3 heterocycles. The fraction of sp³-hybridized carbons (Fsp3) is 0.727. The molecule has 0 aliphatic carbocycles. The van der Waals surface area contributed by atoms with Gasteiger partial charge < -0.3 is 18.9 Å². The third-order valence-electron chi connectivity index (χ3n) is 2.65. The zero-order valence-corrected chi connectivity index (χ0v) is 9.58. The van der Waals surface area contributed by atoms with Crippen LogP contribution in [0.2, 0.25) is 0 Å². The number of fused-ring (bicyclic) bond motifs is 3. The molecular weight excluding hydrogens is 212 g/mol. The van der Waals surface area contributed by atoms with Gasteiger partial charge in [-0.25, -0.2) is 4.79 Å². The Morgan fingerprint density at radius 1 is 1.31 bits per heavy atom. The van der Waals surface area contributed by atoms with E-state index in [1.165, 1.54) is 0 Å². The van der Waals surface area contributed by atoms with E-state index >= 15 is 0 Å². The maximum Gasteiger partial charge on any atom is 0.333 e. The van der Waals surface area contributed by atoms with E-state index in [1.807, 2.05) is 6.92 Å². The first-order chi connectivity index (χ1) is 7.45. The number of rotatable bonds is 3. The molecular formula is C11H16O5. The Bertz CT molecular complexity index is 298. The molecule has 0 unspecified atom stereocenters. The van der Waals surface area contributed by atoms with Gasteiger partial charge in [-0.3, -0.25) is 0 Å². The number of carbonyl (C=O) groups is 1. The van der Waals surface area contributed by atoms with E-state index < -0.39 is 11.9 Å². The van der Waals surface area contributed by atoms with Crippen LogP contribution in [0.15, 0.2) is 12.2 Å². The Hall–Kier alpha value is -0.910. The van der Waals surface area contributed by atoms with Crippen LogP contribution in [0.1, 0.15) is 13.8 Å². The second kappa shape index (κ2) is 3.84. The second-order valence-electron chi connectivity index (χ2n) is 4.72. The highest BCUT2D eigenvalue weighted by atomic mass is 16.9. The molecule has 5 nitrogen and oxygen atoms in total. The van der Waals surface area contributed by atoms with Gasteiger partial charge in [-0.1, -0.05) is 13.5 Å². The van der Waals surface area contributed by atoms with Crippen LogP contribution in [0.5, 0.6) is 0 Å². The third-order valence-corrected chi connectivity index (χ3v) is 2.65. The van der Waals surface area contributed by atoms with E-state index in [0.717, 1.165) is 0 Å². The zero-order chi connectivity index (χ0) is 11.8. The van der Waals surface area contributed by atoms with E-state index in [-0.39, 0.29) is 12.0 Å². The summed E-state index contributed by atoms with van der Waals surface area (Å²) in [7, 11) is 0. The van der Waals surface area contributed by atoms with Gasteiger partial charge in [-0.2, -0.15) is 0 Å². The summed E-state index contributed by atoms with van der Waals surface area (Å²) in [4.78, 5) is 11.2.